The first-order valence-corrected chi connectivity index (χ1v) is 11.8. The number of aliphatic hydroxyl groups is 1. The van der Waals surface area contributed by atoms with Gasteiger partial charge in [0.1, 0.15) is 11.8 Å². The Kier molecular flexibility index (Phi) is 8.40. The van der Waals surface area contributed by atoms with Crippen LogP contribution in [0.25, 0.3) is 0 Å². The van der Waals surface area contributed by atoms with Crippen LogP contribution in [0.5, 0.6) is 5.75 Å². The van der Waals surface area contributed by atoms with Crippen LogP contribution in [0.4, 0.5) is 0 Å². The molecule has 1 amide bonds. The van der Waals surface area contributed by atoms with E-state index in [-0.39, 0.29) is 21.5 Å². The zero-order valence-corrected chi connectivity index (χ0v) is 20.1. The van der Waals surface area contributed by atoms with Crippen molar-refractivity contribution < 1.29 is 29.3 Å². The van der Waals surface area contributed by atoms with E-state index in [1.54, 1.807) is 32.9 Å². The second-order valence-electron chi connectivity index (χ2n) is 8.11. The lowest BCUT2D eigenvalue weighted by atomic mass is 9.92. The van der Waals surface area contributed by atoms with Crippen molar-refractivity contribution in [1.82, 2.24) is 4.90 Å². The number of carbonyl (C=O) groups is 3. The number of thioether (sulfide) groups is 2. The first-order chi connectivity index (χ1) is 14.9. The number of nitriles is 1. The summed E-state index contributed by atoms with van der Waals surface area (Å²) >= 11 is 1.89. The molecule has 1 aromatic rings. The minimum Gasteiger partial charge on any atom is -0.476 e. The topological polar surface area (TPSA) is 128 Å². The molecule has 0 bridgehead atoms. The number of carbonyl (C=O) groups excluding carboxylic acids is 2. The molecule has 0 aliphatic carbocycles. The smallest absolute Gasteiger partial charge is 0.357 e. The van der Waals surface area contributed by atoms with E-state index in [0.29, 0.717) is 17.5 Å². The number of hydrogen-bond acceptors (Lipinski definition) is 8. The number of ether oxygens (including phenoxy) is 1. The first kappa shape index (κ1) is 25.8. The largest absolute Gasteiger partial charge is 0.476 e. The Balaban J connectivity index is 2.64. The lowest BCUT2D eigenvalue weighted by Gasteiger charge is -2.47. The Morgan fingerprint density at radius 3 is 2.44 bits per heavy atom. The average molecular weight is 479 g/mol. The molecule has 0 radical (unpaired) electrons. The van der Waals surface area contributed by atoms with Crippen LogP contribution < -0.4 is 4.74 Å². The summed E-state index contributed by atoms with van der Waals surface area (Å²) in [5.41, 5.74) is -1.17. The standard InChI is InChI=1S/C22H26N2O6S2/c1-6-31-18-15(12(2)25)17(26)24(18)16(19(27)28)20(32-21(29)22(3,4)5)30-14-10-8-7-9-13(14)11-23/h7-10,12,15,18,25H,6H2,1-5H3,(H,27,28)/t12-,15+,18-/m1/s1. The quantitative estimate of drug-likeness (QED) is 0.328. The molecule has 32 heavy (non-hydrogen) atoms. The molecule has 1 aliphatic rings. The molecule has 1 heterocycles. The van der Waals surface area contributed by atoms with Crippen molar-refractivity contribution >= 4 is 40.5 Å². The van der Waals surface area contributed by atoms with Crippen molar-refractivity contribution in [3.05, 3.63) is 40.6 Å². The van der Waals surface area contributed by atoms with Gasteiger partial charge >= 0.3 is 5.97 Å². The maximum Gasteiger partial charge on any atom is 0.357 e. The molecule has 8 nitrogen and oxygen atoms in total. The number of β-lactam (4-membered cyclic amide) rings is 1. The first-order valence-electron chi connectivity index (χ1n) is 9.93. The van der Waals surface area contributed by atoms with Gasteiger partial charge in [0.05, 0.1) is 23.0 Å². The van der Waals surface area contributed by atoms with Crippen molar-refractivity contribution in [2.45, 2.75) is 46.1 Å². The number of amides is 1. The number of aliphatic carboxylic acids is 1. The molecule has 3 atom stereocenters. The van der Waals surface area contributed by atoms with Crippen LogP contribution >= 0.6 is 23.5 Å². The molecule has 0 unspecified atom stereocenters. The molecule has 1 aliphatic heterocycles. The van der Waals surface area contributed by atoms with Crippen LogP contribution in [0.2, 0.25) is 0 Å². The van der Waals surface area contributed by atoms with E-state index in [2.05, 4.69) is 0 Å². The summed E-state index contributed by atoms with van der Waals surface area (Å²) in [4.78, 5) is 39.0. The van der Waals surface area contributed by atoms with Gasteiger partial charge < -0.3 is 14.9 Å². The van der Waals surface area contributed by atoms with Gasteiger partial charge in [-0.15, -0.1) is 11.8 Å². The Morgan fingerprint density at radius 1 is 1.31 bits per heavy atom. The maximum absolute atomic E-state index is 12.9. The Bertz CT molecular complexity index is 977. The van der Waals surface area contributed by atoms with Gasteiger partial charge in [-0.3, -0.25) is 14.5 Å². The van der Waals surface area contributed by atoms with Gasteiger partial charge in [0.2, 0.25) is 11.0 Å². The number of likely N-dealkylation sites (tertiary alicyclic amines) is 1. The fourth-order valence-electron chi connectivity index (χ4n) is 2.91. The summed E-state index contributed by atoms with van der Waals surface area (Å²) < 4.78 is 5.81. The van der Waals surface area contributed by atoms with Crippen molar-refractivity contribution in [1.29, 1.82) is 5.26 Å². The van der Waals surface area contributed by atoms with E-state index in [4.69, 9.17) is 4.74 Å². The number of carboxylic acid groups (broad SMARTS) is 1. The summed E-state index contributed by atoms with van der Waals surface area (Å²) in [6.07, 6.45) is -0.967. The number of para-hydroxylation sites is 1. The van der Waals surface area contributed by atoms with Gasteiger partial charge in [-0.1, -0.05) is 39.8 Å². The molecule has 0 aromatic heterocycles. The zero-order valence-electron chi connectivity index (χ0n) is 18.5. The molecule has 10 heteroatoms. The monoisotopic (exact) mass is 478 g/mol. The average Bonchev–Trinajstić information content (AvgIpc) is 2.70. The highest BCUT2D eigenvalue weighted by Crippen LogP contribution is 2.43. The number of nitrogens with zero attached hydrogens (tertiary/aromatic N) is 2. The predicted octanol–water partition coefficient (Wildman–Crippen LogP) is 3.42. The van der Waals surface area contributed by atoms with E-state index in [0.717, 1.165) is 4.90 Å². The molecule has 0 saturated carbocycles. The highest BCUT2D eigenvalue weighted by Gasteiger charge is 2.54. The minimum atomic E-state index is -1.46. The summed E-state index contributed by atoms with van der Waals surface area (Å²) in [6.45, 7) is 8.37. The van der Waals surface area contributed by atoms with Crippen molar-refractivity contribution in [2.24, 2.45) is 11.3 Å². The Morgan fingerprint density at radius 2 is 1.94 bits per heavy atom. The third kappa shape index (κ3) is 5.46. The minimum absolute atomic E-state index is 0.0673. The Hall–Kier alpha value is -2.48. The molecule has 1 aromatic carbocycles. The molecular weight excluding hydrogens is 452 g/mol. The molecule has 1 fully saturated rings. The zero-order chi connectivity index (χ0) is 24.2. The van der Waals surface area contributed by atoms with Crippen LogP contribution in [0, 0.1) is 22.7 Å². The van der Waals surface area contributed by atoms with E-state index in [1.165, 1.54) is 30.8 Å². The van der Waals surface area contributed by atoms with E-state index < -0.39 is 40.4 Å². The molecule has 2 rings (SSSR count). The van der Waals surface area contributed by atoms with Crippen LogP contribution in [-0.2, 0) is 14.4 Å². The molecular formula is C22H26N2O6S2. The molecule has 2 N–H and O–H groups in total. The van der Waals surface area contributed by atoms with Crippen LogP contribution in [-0.4, -0.2) is 49.3 Å². The van der Waals surface area contributed by atoms with Gasteiger partial charge in [-0.2, -0.15) is 5.26 Å². The molecule has 172 valence electrons. The van der Waals surface area contributed by atoms with Gasteiger partial charge in [0.15, 0.2) is 10.8 Å². The molecule has 1 saturated heterocycles. The summed E-state index contributed by atoms with van der Waals surface area (Å²) in [5.74, 6) is -2.15. The highest BCUT2D eigenvalue weighted by molar-refractivity contribution is 8.16. The van der Waals surface area contributed by atoms with Gasteiger partial charge in [-0.05, 0) is 36.6 Å². The van der Waals surface area contributed by atoms with Crippen LogP contribution in [0.3, 0.4) is 0 Å². The third-order valence-corrected chi connectivity index (χ3v) is 7.02. The lowest BCUT2D eigenvalue weighted by molar-refractivity contribution is -0.157. The maximum atomic E-state index is 12.9. The second kappa shape index (κ2) is 10.4. The van der Waals surface area contributed by atoms with Gasteiger partial charge in [-0.25, -0.2) is 4.79 Å². The highest BCUT2D eigenvalue weighted by atomic mass is 32.2. The number of aliphatic hydroxyl groups excluding tert-OH is 1. The summed E-state index contributed by atoms with van der Waals surface area (Å²) in [7, 11) is 0. The van der Waals surface area contributed by atoms with E-state index >= 15 is 0 Å². The summed E-state index contributed by atoms with van der Waals surface area (Å²) in [6, 6.07) is 8.18. The lowest BCUT2D eigenvalue weighted by Crippen LogP contribution is -2.63. The van der Waals surface area contributed by atoms with Gasteiger partial charge in [0, 0.05) is 5.41 Å². The number of carboxylic acids is 1. The number of benzene rings is 1. The number of rotatable bonds is 8. The van der Waals surface area contributed by atoms with Crippen LogP contribution in [0.15, 0.2) is 35.1 Å². The number of hydrogen-bond donors (Lipinski definition) is 2. The van der Waals surface area contributed by atoms with E-state index in [9.17, 15) is 29.9 Å². The summed E-state index contributed by atoms with van der Waals surface area (Å²) in [5, 5.41) is 28.1. The fourth-order valence-corrected chi connectivity index (χ4v) is 5.05. The fraction of sp³-hybridized carbons (Fsp3) is 0.455. The molecule has 0 spiro atoms. The Labute approximate surface area is 195 Å². The SMILES string of the molecule is CCS[C@@H]1[C@@H]([C@@H](C)O)C(=O)N1C(C(=O)O)=C(Oc1ccccc1C#N)SC(=O)C(C)(C)C. The second-order valence-corrected chi connectivity index (χ2v) is 10.5. The van der Waals surface area contributed by atoms with Gasteiger partial charge in [0.25, 0.3) is 0 Å². The predicted molar refractivity (Wildman–Crippen MR) is 122 cm³/mol. The van der Waals surface area contributed by atoms with Crippen molar-refractivity contribution in [2.75, 3.05) is 5.75 Å². The normalized spacial score (nSPS) is 20.0. The third-order valence-electron chi connectivity index (χ3n) is 4.59. The van der Waals surface area contributed by atoms with Crippen molar-refractivity contribution in [3.8, 4) is 11.8 Å². The van der Waals surface area contributed by atoms with Crippen molar-refractivity contribution in [3.63, 3.8) is 0 Å². The van der Waals surface area contributed by atoms with E-state index in [1.807, 2.05) is 13.0 Å². The van der Waals surface area contributed by atoms with Crippen LogP contribution in [0.1, 0.15) is 40.2 Å².